The van der Waals surface area contributed by atoms with Crippen LogP contribution in [0.5, 0.6) is 0 Å². The van der Waals surface area contributed by atoms with Gasteiger partial charge >= 0.3 is 0 Å². The van der Waals surface area contributed by atoms with Crippen molar-refractivity contribution in [2.75, 3.05) is 24.6 Å². The highest BCUT2D eigenvalue weighted by molar-refractivity contribution is 8.02. The number of thioether (sulfide) groups is 1. The van der Waals surface area contributed by atoms with E-state index in [2.05, 4.69) is 20.1 Å². The number of nitrogens with zero attached hydrogens (tertiary/aromatic N) is 3. The summed E-state index contributed by atoms with van der Waals surface area (Å²) in [5.74, 6) is -1.80. The molecule has 3 aliphatic rings. The number of anilines is 1. The topological polar surface area (TPSA) is 81.2 Å². The standard InChI is InChI=1S/C33H38ClN3O4S/c1-5-16-35(19-23-10-8-7-9-11-23)30(39)27-26-18-21(3)33(42-26)28(27)31(40)37(22(4)20-38)29(33)32(41)36(17-6-2)25-14-12-24(34)13-15-25/h5-15,21-22,26-29,38H,1-2,16-20H2,3-4H3/t21?,22-,26-,27+,28+,29?,33?/m1/s1. The molecule has 42 heavy (non-hydrogen) atoms. The van der Waals surface area contributed by atoms with Crippen molar-refractivity contribution in [3.63, 3.8) is 0 Å². The molecule has 0 saturated carbocycles. The molecule has 3 heterocycles. The maximum absolute atomic E-state index is 14.7. The molecule has 1 spiro atoms. The Balaban J connectivity index is 1.56. The summed E-state index contributed by atoms with van der Waals surface area (Å²) in [6, 6.07) is 15.3. The Labute approximate surface area is 257 Å². The average molecular weight is 608 g/mol. The van der Waals surface area contributed by atoms with Crippen molar-refractivity contribution in [1.29, 1.82) is 0 Å². The monoisotopic (exact) mass is 607 g/mol. The van der Waals surface area contributed by atoms with Gasteiger partial charge in [0.2, 0.25) is 11.8 Å². The molecule has 3 fully saturated rings. The van der Waals surface area contributed by atoms with E-state index in [0.29, 0.717) is 23.8 Å². The minimum Gasteiger partial charge on any atom is -0.394 e. The molecule has 3 saturated heterocycles. The lowest BCUT2D eigenvalue weighted by Crippen LogP contribution is -2.59. The summed E-state index contributed by atoms with van der Waals surface area (Å²) in [6.07, 6.45) is 4.09. The second kappa shape index (κ2) is 12.3. The molecule has 7 atom stereocenters. The van der Waals surface area contributed by atoms with Gasteiger partial charge in [-0.1, -0.05) is 61.0 Å². The van der Waals surface area contributed by atoms with Crippen molar-refractivity contribution >= 4 is 46.8 Å². The summed E-state index contributed by atoms with van der Waals surface area (Å²) in [6.45, 7) is 12.3. The molecule has 3 aliphatic heterocycles. The predicted molar refractivity (Wildman–Crippen MR) is 168 cm³/mol. The van der Waals surface area contributed by atoms with Crippen LogP contribution in [0, 0.1) is 17.8 Å². The van der Waals surface area contributed by atoms with Gasteiger partial charge in [-0.05, 0) is 49.1 Å². The van der Waals surface area contributed by atoms with E-state index in [1.165, 1.54) is 0 Å². The first-order chi connectivity index (χ1) is 20.2. The van der Waals surface area contributed by atoms with Crippen LogP contribution in [-0.4, -0.2) is 74.4 Å². The van der Waals surface area contributed by atoms with E-state index in [1.54, 1.807) is 69.8 Å². The van der Waals surface area contributed by atoms with Gasteiger partial charge in [0.05, 0.1) is 29.2 Å². The number of amides is 3. The molecule has 0 radical (unpaired) electrons. The minimum absolute atomic E-state index is 0.00752. The van der Waals surface area contributed by atoms with Crippen molar-refractivity contribution in [3.05, 3.63) is 90.5 Å². The van der Waals surface area contributed by atoms with Gasteiger partial charge in [0.15, 0.2) is 0 Å². The molecular formula is C33H38ClN3O4S. The molecule has 2 aromatic rings. The number of fused-ring (bicyclic) bond motifs is 1. The molecule has 9 heteroatoms. The number of hydrogen-bond acceptors (Lipinski definition) is 5. The first-order valence-electron chi connectivity index (χ1n) is 14.4. The normalized spacial score (nSPS) is 28.3. The molecular weight excluding hydrogens is 570 g/mol. The van der Waals surface area contributed by atoms with E-state index in [0.717, 1.165) is 12.0 Å². The van der Waals surface area contributed by atoms with Gasteiger partial charge in [0, 0.05) is 35.6 Å². The summed E-state index contributed by atoms with van der Waals surface area (Å²) in [5.41, 5.74) is 1.64. The second-order valence-corrected chi connectivity index (χ2v) is 13.5. The van der Waals surface area contributed by atoms with Crippen LogP contribution in [0.3, 0.4) is 0 Å². The van der Waals surface area contributed by atoms with Gasteiger partial charge in [-0.3, -0.25) is 14.4 Å². The van der Waals surface area contributed by atoms with Gasteiger partial charge in [0.1, 0.15) is 6.04 Å². The smallest absolute Gasteiger partial charge is 0.251 e. The number of hydrogen-bond donors (Lipinski definition) is 1. The van der Waals surface area contributed by atoms with Crippen LogP contribution in [0.25, 0.3) is 0 Å². The molecule has 0 aliphatic carbocycles. The van der Waals surface area contributed by atoms with Crippen molar-refractivity contribution in [2.45, 2.75) is 48.9 Å². The number of aliphatic hydroxyl groups excluding tert-OH is 1. The zero-order chi connectivity index (χ0) is 30.2. The van der Waals surface area contributed by atoms with E-state index in [-0.39, 0.29) is 42.0 Å². The number of carbonyl (C=O) groups is 3. The van der Waals surface area contributed by atoms with Crippen LogP contribution in [0.1, 0.15) is 25.8 Å². The van der Waals surface area contributed by atoms with Gasteiger partial charge in [-0.25, -0.2) is 0 Å². The highest BCUT2D eigenvalue weighted by atomic mass is 35.5. The van der Waals surface area contributed by atoms with E-state index in [1.807, 2.05) is 30.3 Å². The lowest BCUT2D eigenvalue weighted by Gasteiger charge is -2.41. The third kappa shape index (κ3) is 4.97. The largest absolute Gasteiger partial charge is 0.394 e. The maximum Gasteiger partial charge on any atom is 0.251 e. The number of halogens is 1. The number of benzene rings is 2. The third-order valence-corrected chi connectivity index (χ3v) is 11.4. The molecule has 7 nitrogen and oxygen atoms in total. The number of likely N-dealkylation sites (tertiary alicyclic amines) is 1. The average Bonchev–Trinajstić information content (AvgIpc) is 3.59. The molecule has 0 aromatic heterocycles. The quantitative estimate of drug-likeness (QED) is 0.372. The minimum atomic E-state index is -0.849. The number of aliphatic hydroxyl groups is 1. The van der Waals surface area contributed by atoms with E-state index >= 15 is 0 Å². The Hall–Kier alpha value is -3.07. The van der Waals surface area contributed by atoms with Gasteiger partial charge in [-0.2, -0.15) is 0 Å². The Kier molecular flexibility index (Phi) is 8.88. The first kappa shape index (κ1) is 30.4. The SMILES string of the molecule is C=CCN(Cc1ccccc1)C(=O)[C@@H]1[C@H]2C(=O)N([C@H](C)CO)C(C(=O)N(CC=C)c3ccc(Cl)cc3)C23S[C@@H]1CC3C. The number of carbonyl (C=O) groups excluding carboxylic acids is 3. The highest BCUT2D eigenvalue weighted by Gasteiger charge is 2.76. The Morgan fingerprint density at radius 2 is 1.79 bits per heavy atom. The fourth-order valence-electron chi connectivity index (χ4n) is 7.21. The zero-order valence-corrected chi connectivity index (χ0v) is 25.6. The van der Waals surface area contributed by atoms with Crippen LogP contribution in [-0.2, 0) is 20.9 Å². The van der Waals surface area contributed by atoms with Crippen LogP contribution in [0.4, 0.5) is 5.69 Å². The predicted octanol–water partition coefficient (Wildman–Crippen LogP) is 4.79. The third-order valence-electron chi connectivity index (χ3n) is 9.03. The highest BCUT2D eigenvalue weighted by Crippen LogP contribution is 2.69. The molecule has 222 valence electrons. The van der Waals surface area contributed by atoms with E-state index in [9.17, 15) is 19.5 Å². The molecule has 2 aromatic carbocycles. The van der Waals surface area contributed by atoms with Crippen molar-refractivity contribution in [1.82, 2.24) is 9.80 Å². The zero-order valence-electron chi connectivity index (χ0n) is 24.1. The molecule has 1 N–H and O–H groups in total. The van der Waals surface area contributed by atoms with Crippen LogP contribution in [0.15, 0.2) is 79.9 Å². The number of rotatable bonds is 11. The van der Waals surface area contributed by atoms with Gasteiger partial charge in [-0.15, -0.1) is 24.9 Å². The van der Waals surface area contributed by atoms with Crippen LogP contribution >= 0.6 is 23.4 Å². The lowest BCUT2D eigenvalue weighted by atomic mass is 9.65. The van der Waals surface area contributed by atoms with Gasteiger partial charge < -0.3 is 19.8 Å². The van der Waals surface area contributed by atoms with E-state index in [4.69, 9.17) is 11.6 Å². The lowest BCUT2D eigenvalue weighted by molar-refractivity contribution is -0.145. The van der Waals surface area contributed by atoms with Crippen molar-refractivity contribution in [2.24, 2.45) is 17.8 Å². The Morgan fingerprint density at radius 3 is 2.40 bits per heavy atom. The fourth-order valence-corrected chi connectivity index (χ4v) is 9.73. The molecule has 5 rings (SSSR count). The fraction of sp³-hybridized carbons (Fsp3) is 0.424. The molecule has 2 bridgehead atoms. The van der Waals surface area contributed by atoms with Crippen molar-refractivity contribution < 1.29 is 19.5 Å². The molecule has 3 unspecified atom stereocenters. The second-order valence-electron chi connectivity index (χ2n) is 11.5. The Bertz CT molecular complexity index is 1350. The molecule has 3 amide bonds. The maximum atomic E-state index is 14.7. The van der Waals surface area contributed by atoms with Gasteiger partial charge in [0.25, 0.3) is 5.91 Å². The van der Waals surface area contributed by atoms with E-state index < -0.39 is 28.7 Å². The first-order valence-corrected chi connectivity index (χ1v) is 15.7. The summed E-state index contributed by atoms with van der Waals surface area (Å²) < 4.78 is -0.805. The summed E-state index contributed by atoms with van der Waals surface area (Å²) in [7, 11) is 0. The summed E-state index contributed by atoms with van der Waals surface area (Å²) in [5, 5.41) is 10.7. The van der Waals surface area contributed by atoms with Crippen LogP contribution < -0.4 is 4.90 Å². The summed E-state index contributed by atoms with van der Waals surface area (Å²) in [4.78, 5) is 48.4. The Morgan fingerprint density at radius 1 is 1.12 bits per heavy atom. The van der Waals surface area contributed by atoms with Crippen LogP contribution in [0.2, 0.25) is 5.02 Å². The summed E-state index contributed by atoms with van der Waals surface area (Å²) >= 11 is 7.77. The van der Waals surface area contributed by atoms with Crippen molar-refractivity contribution in [3.8, 4) is 0 Å².